The number of aryl methyl sites for hydroxylation is 1. The molecule has 0 radical (unpaired) electrons. The fourth-order valence-corrected chi connectivity index (χ4v) is 1.88. The van der Waals surface area contributed by atoms with Crippen LogP contribution in [0.15, 0.2) is 4.42 Å². The summed E-state index contributed by atoms with van der Waals surface area (Å²) >= 11 is 0. The number of hydrogen-bond donors (Lipinski definition) is 1. The summed E-state index contributed by atoms with van der Waals surface area (Å²) < 4.78 is 5.68. The first-order valence-electron chi connectivity index (χ1n) is 5.27. The van der Waals surface area contributed by atoms with Crippen LogP contribution in [0.5, 0.6) is 0 Å². The quantitative estimate of drug-likeness (QED) is 0.802. The first-order valence-corrected chi connectivity index (χ1v) is 5.27. The molecule has 78 valence electrons. The lowest BCUT2D eigenvalue weighted by molar-refractivity contribution is 0.436. The zero-order valence-corrected chi connectivity index (χ0v) is 9.13. The minimum Gasteiger partial charge on any atom is -0.444 e. The van der Waals surface area contributed by atoms with Crippen LogP contribution in [0.3, 0.4) is 0 Å². The molecule has 1 unspecified atom stereocenters. The number of aromatic nitrogens is 1. The van der Waals surface area contributed by atoms with Crippen molar-refractivity contribution < 1.29 is 4.42 Å². The summed E-state index contributed by atoms with van der Waals surface area (Å²) in [5.74, 6) is 2.27. The normalized spacial score (nSPS) is 23.9. The van der Waals surface area contributed by atoms with Crippen molar-refractivity contribution in [3.8, 4) is 0 Å². The Morgan fingerprint density at radius 2 is 2.21 bits per heavy atom. The Hall–Kier alpha value is -0.830. The maximum Gasteiger partial charge on any atom is 0.198 e. The maximum absolute atomic E-state index is 5.68. The molecule has 1 aromatic rings. The van der Waals surface area contributed by atoms with Gasteiger partial charge < -0.3 is 10.2 Å². The molecule has 1 aliphatic rings. The van der Waals surface area contributed by atoms with E-state index in [-0.39, 0.29) is 0 Å². The highest BCUT2D eigenvalue weighted by Gasteiger charge is 2.49. The first-order chi connectivity index (χ1) is 6.58. The third-order valence-corrected chi connectivity index (χ3v) is 3.13. The number of nitrogens with two attached hydrogens (primary N) is 1. The van der Waals surface area contributed by atoms with E-state index in [9.17, 15) is 0 Å². The lowest BCUT2D eigenvalue weighted by Crippen LogP contribution is -1.97. The van der Waals surface area contributed by atoms with Crippen LogP contribution < -0.4 is 5.73 Å². The van der Waals surface area contributed by atoms with Crippen LogP contribution in [0.25, 0.3) is 0 Å². The lowest BCUT2D eigenvalue weighted by atomic mass is 10.1. The van der Waals surface area contributed by atoms with Crippen LogP contribution >= 0.6 is 0 Å². The van der Waals surface area contributed by atoms with Gasteiger partial charge in [0.15, 0.2) is 5.89 Å². The third kappa shape index (κ3) is 1.46. The molecule has 2 N–H and O–H groups in total. The zero-order chi connectivity index (χ0) is 10.3. The summed E-state index contributed by atoms with van der Waals surface area (Å²) in [6, 6.07) is 0. The third-order valence-electron chi connectivity index (χ3n) is 3.13. The predicted octanol–water partition coefficient (Wildman–Crippen LogP) is 2.21. The molecule has 1 aromatic heterocycles. The number of nitrogens with zero attached hydrogens (tertiary/aromatic N) is 1. The minimum absolute atomic E-state index is 0.377. The number of rotatable bonds is 3. The van der Waals surface area contributed by atoms with E-state index in [4.69, 9.17) is 10.2 Å². The van der Waals surface area contributed by atoms with Gasteiger partial charge in [0.1, 0.15) is 5.76 Å². The molecule has 1 atom stereocenters. The average molecular weight is 194 g/mol. The summed E-state index contributed by atoms with van der Waals surface area (Å²) in [4.78, 5) is 4.51. The Morgan fingerprint density at radius 3 is 2.57 bits per heavy atom. The average Bonchev–Trinajstić information content (AvgIpc) is 2.65. The van der Waals surface area contributed by atoms with Crippen LogP contribution in [-0.2, 0) is 13.0 Å². The Morgan fingerprint density at radius 1 is 1.57 bits per heavy atom. The van der Waals surface area contributed by atoms with Crippen molar-refractivity contribution in [3.63, 3.8) is 0 Å². The molecular weight excluding hydrogens is 176 g/mol. The predicted molar refractivity (Wildman–Crippen MR) is 54.9 cm³/mol. The molecule has 14 heavy (non-hydrogen) atoms. The molecule has 1 saturated carbocycles. The van der Waals surface area contributed by atoms with Crippen LogP contribution in [0.4, 0.5) is 0 Å². The first kappa shape index (κ1) is 9.71. The van der Waals surface area contributed by atoms with E-state index in [2.05, 4.69) is 25.8 Å². The van der Waals surface area contributed by atoms with Gasteiger partial charge in [0.05, 0.1) is 12.2 Å². The van der Waals surface area contributed by atoms with Gasteiger partial charge >= 0.3 is 0 Å². The van der Waals surface area contributed by atoms with Gasteiger partial charge in [-0.15, -0.1) is 0 Å². The van der Waals surface area contributed by atoms with Crippen LogP contribution in [0.1, 0.15) is 50.5 Å². The Labute approximate surface area is 84.7 Å². The molecular formula is C11H18N2O. The van der Waals surface area contributed by atoms with E-state index in [0.717, 1.165) is 23.8 Å². The summed E-state index contributed by atoms with van der Waals surface area (Å²) in [6.07, 6.45) is 2.09. The summed E-state index contributed by atoms with van der Waals surface area (Å²) in [6.45, 7) is 7.04. The van der Waals surface area contributed by atoms with Gasteiger partial charge in [0.25, 0.3) is 0 Å². The van der Waals surface area contributed by atoms with Crippen molar-refractivity contribution in [1.82, 2.24) is 4.98 Å². The van der Waals surface area contributed by atoms with E-state index >= 15 is 0 Å². The fourth-order valence-electron chi connectivity index (χ4n) is 1.88. The van der Waals surface area contributed by atoms with Gasteiger partial charge in [-0.2, -0.15) is 0 Å². The SMILES string of the molecule is CCc1nc(C2CC2(C)C)oc1CN. The monoisotopic (exact) mass is 194 g/mol. The van der Waals surface area contributed by atoms with E-state index in [1.54, 1.807) is 0 Å². The molecule has 1 heterocycles. The van der Waals surface area contributed by atoms with E-state index in [1.165, 1.54) is 6.42 Å². The molecule has 0 bridgehead atoms. The van der Waals surface area contributed by atoms with Crippen LogP contribution in [0.2, 0.25) is 0 Å². The van der Waals surface area contributed by atoms with Crippen molar-refractivity contribution in [1.29, 1.82) is 0 Å². The number of hydrogen-bond acceptors (Lipinski definition) is 3. The summed E-state index contributed by atoms with van der Waals surface area (Å²) in [5.41, 5.74) is 7.00. The fraction of sp³-hybridized carbons (Fsp3) is 0.727. The molecule has 3 heteroatoms. The van der Waals surface area contributed by atoms with Crippen molar-refractivity contribution in [2.24, 2.45) is 11.1 Å². The van der Waals surface area contributed by atoms with Crippen molar-refractivity contribution >= 4 is 0 Å². The van der Waals surface area contributed by atoms with Gasteiger partial charge in [-0.3, -0.25) is 0 Å². The van der Waals surface area contributed by atoms with E-state index in [1.807, 2.05) is 0 Å². The topological polar surface area (TPSA) is 52.0 Å². The van der Waals surface area contributed by atoms with Gasteiger partial charge in [-0.1, -0.05) is 20.8 Å². The van der Waals surface area contributed by atoms with Crippen molar-refractivity contribution in [3.05, 3.63) is 17.3 Å². The zero-order valence-electron chi connectivity index (χ0n) is 9.13. The second-order valence-corrected chi connectivity index (χ2v) is 4.72. The lowest BCUT2D eigenvalue weighted by Gasteiger charge is -1.97. The highest BCUT2D eigenvalue weighted by molar-refractivity contribution is 5.18. The largest absolute Gasteiger partial charge is 0.444 e. The summed E-state index contributed by atoms with van der Waals surface area (Å²) in [7, 11) is 0. The van der Waals surface area contributed by atoms with Gasteiger partial charge in [-0.05, 0) is 18.3 Å². The van der Waals surface area contributed by atoms with E-state index < -0.39 is 0 Å². The van der Waals surface area contributed by atoms with Crippen LogP contribution in [-0.4, -0.2) is 4.98 Å². The van der Waals surface area contributed by atoms with Crippen molar-refractivity contribution in [2.45, 2.75) is 46.1 Å². The molecule has 0 aromatic carbocycles. The van der Waals surface area contributed by atoms with E-state index in [0.29, 0.717) is 17.9 Å². The van der Waals surface area contributed by atoms with Gasteiger partial charge in [0, 0.05) is 5.92 Å². The van der Waals surface area contributed by atoms with Crippen molar-refractivity contribution in [2.75, 3.05) is 0 Å². The highest BCUT2D eigenvalue weighted by atomic mass is 16.4. The second kappa shape index (κ2) is 3.09. The Bertz CT molecular complexity index is 320. The molecule has 0 spiro atoms. The molecule has 1 fully saturated rings. The molecule has 1 aliphatic carbocycles. The molecule has 2 rings (SSSR count). The highest BCUT2D eigenvalue weighted by Crippen LogP contribution is 2.58. The molecule has 0 aliphatic heterocycles. The maximum atomic E-state index is 5.68. The minimum atomic E-state index is 0.377. The molecule has 3 nitrogen and oxygen atoms in total. The Kier molecular flexibility index (Phi) is 2.14. The standard InChI is InChI=1S/C11H18N2O/c1-4-8-9(6-12)14-10(13-8)7-5-11(7,2)3/h7H,4-6,12H2,1-3H3. The molecule has 0 amide bonds. The summed E-state index contributed by atoms with van der Waals surface area (Å²) in [5, 5.41) is 0. The number of oxazole rings is 1. The van der Waals surface area contributed by atoms with Gasteiger partial charge in [0.2, 0.25) is 0 Å². The van der Waals surface area contributed by atoms with Crippen LogP contribution in [0, 0.1) is 5.41 Å². The van der Waals surface area contributed by atoms with Gasteiger partial charge in [-0.25, -0.2) is 4.98 Å². The second-order valence-electron chi connectivity index (χ2n) is 4.72. The molecule has 0 saturated heterocycles. The smallest absolute Gasteiger partial charge is 0.198 e. The Balaban J connectivity index is 2.24.